The molecule has 1 fully saturated rings. The van der Waals surface area contributed by atoms with E-state index < -0.39 is 5.97 Å². The van der Waals surface area contributed by atoms with E-state index in [4.69, 9.17) is 14.5 Å². The van der Waals surface area contributed by atoms with Gasteiger partial charge in [-0.25, -0.2) is 9.78 Å². The summed E-state index contributed by atoms with van der Waals surface area (Å²) in [5.41, 5.74) is 3.82. The second-order valence-corrected chi connectivity index (χ2v) is 9.24. The number of nitrogens with one attached hydrogen (secondary N) is 1. The van der Waals surface area contributed by atoms with Crippen LogP contribution < -0.4 is 9.46 Å². The van der Waals surface area contributed by atoms with E-state index in [0.717, 1.165) is 27.2 Å². The van der Waals surface area contributed by atoms with Crippen LogP contribution in [0, 0.1) is 0 Å². The molecule has 0 atom stereocenters. The lowest BCUT2D eigenvalue weighted by atomic mass is 9.84. The van der Waals surface area contributed by atoms with Crippen molar-refractivity contribution in [1.82, 2.24) is 4.98 Å². The Labute approximate surface area is 191 Å². The third-order valence-electron chi connectivity index (χ3n) is 5.61. The van der Waals surface area contributed by atoms with Crippen LogP contribution in [0.3, 0.4) is 0 Å². The fourth-order valence-electron chi connectivity index (χ4n) is 3.90. The summed E-state index contributed by atoms with van der Waals surface area (Å²) in [6.07, 6.45) is 6.70. The average Bonchev–Trinajstić information content (AvgIpc) is 3.32. The average molecular weight is 455 g/mol. The number of thiazole rings is 1. The summed E-state index contributed by atoms with van der Waals surface area (Å²) >= 11 is 3.05. The predicted octanol–water partition coefficient (Wildman–Crippen LogP) is 6.77. The van der Waals surface area contributed by atoms with Gasteiger partial charge in [0.25, 0.3) is 0 Å². The normalized spacial score (nSPS) is 14.3. The number of aromatic nitrogens is 1. The number of esters is 1. The first kappa shape index (κ1) is 21.7. The van der Waals surface area contributed by atoms with Gasteiger partial charge in [-0.1, -0.05) is 43.5 Å². The summed E-state index contributed by atoms with van der Waals surface area (Å²) in [6, 6.07) is 14.1. The topological polar surface area (TPSA) is 60.5 Å². The van der Waals surface area contributed by atoms with E-state index in [-0.39, 0.29) is 0 Å². The van der Waals surface area contributed by atoms with Crippen LogP contribution in [-0.2, 0) is 4.74 Å². The third-order valence-corrected chi connectivity index (χ3v) is 7.39. The highest BCUT2D eigenvalue weighted by Gasteiger charge is 2.16. The quantitative estimate of drug-likeness (QED) is 0.314. The maximum Gasteiger partial charge on any atom is 0.337 e. The van der Waals surface area contributed by atoms with Crippen molar-refractivity contribution < 1.29 is 14.3 Å². The molecule has 1 saturated carbocycles. The Morgan fingerprint density at radius 3 is 2.58 bits per heavy atom. The molecule has 3 aromatic rings. The Morgan fingerprint density at radius 2 is 1.87 bits per heavy atom. The molecule has 1 heterocycles. The van der Waals surface area contributed by atoms with Gasteiger partial charge >= 0.3 is 5.97 Å². The van der Waals surface area contributed by atoms with Gasteiger partial charge in [0.15, 0.2) is 0 Å². The summed E-state index contributed by atoms with van der Waals surface area (Å²) in [5.74, 6) is 0.898. The number of methoxy groups -OCH3 is 2. The predicted molar refractivity (Wildman–Crippen MR) is 127 cm³/mol. The fourth-order valence-corrected chi connectivity index (χ4v) is 5.50. The van der Waals surface area contributed by atoms with E-state index >= 15 is 0 Å². The molecule has 0 bridgehead atoms. The molecule has 1 aliphatic carbocycles. The zero-order valence-corrected chi connectivity index (χ0v) is 19.4. The van der Waals surface area contributed by atoms with Crippen molar-refractivity contribution in [2.24, 2.45) is 0 Å². The second kappa shape index (κ2) is 10.2. The fraction of sp³-hybridized carbons (Fsp3) is 0.333. The van der Waals surface area contributed by atoms with Crippen LogP contribution in [-0.4, -0.2) is 25.2 Å². The number of anilines is 1. The van der Waals surface area contributed by atoms with Gasteiger partial charge in [-0.05, 0) is 42.5 Å². The van der Waals surface area contributed by atoms with Gasteiger partial charge in [-0.3, -0.25) is 0 Å². The zero-order chi connectivity index (χ0) is 21.6. The molecule has 0 radical (unpaired) electrons. The first-order valence-corrected chi connectivity index (χ1v) is 12.1. The lowest BCUT2D eigenvalue weighted by molar-refractivity contribution is 0.0600. The van der Waals surface area contributed by atoms with E-state index in [9.17, 15) is 4.79 Å². The van der Waals surface area contributed by atoms with E-state index in [1.54, 1.807) is 36.6 Å². The number of ether oxygens (including phenoxy) is 2. The van der Waals surface area contributed by atoms with Crippen LogP contribution in [0.1, 0.15) is 53.9 Å². The molecule has 0 unspecified atom stereocenters. The lowest BCUT2D eigenvalue weighted by Gasteiger charge is -2.21. The van der Waals surface area contributed by atoms with Crippen molar-refractivity contribution in [2.45, 2.75) is 43.0 Å². The van der Waals surface area contributed by atoms with Crippen molar-refractivity contribution in [1.29, 1.82) is 0 Å². The van der Waals surface area contributed by atoms with E-state index in [2.05, 4.69) is 29.0 Å². The number of rotatable bonds is 7. The molecule has 1 aliphatic rings. The van der Waals surface area contributed by atoms with Gasteiger partial charge in [0, 0.05) is 22.9 Å². The van der Waals surface area contributed by atoms with E-state index in [0.29, 0.717) is 11.3 Å². The first-order valence-electron chi connectivity index (χ1n) is 10.4. The molecule has 0 saturated heterocycles. The number of nitrogens with zero attached hydrogens (tertiary/aromatic N) is 1. The minimum absolute atomic E-state index is 0.392. The van der Waals surface area contributed by atoms with Crippen molar-refractivity contribution >= 4 is 34.9 Å². The second-order valence-electron chi connectivity index (χ2n) is 7.56. The highest BCUT2D eigenvalue weighted by molar-refractivity contribution is 8.00. The summed E-state index contributed by atoms with van der Waals surface area (Å²) in [6.45, 7) is 0. The van der Waals surface area contributed by atoms with E-state index in [1.807, 2.05) is 5.38 Å². The SMILES string of the molecule is COC(=O)c1ccc(NSc2csc(-c3ccc(C4CCCCC4)cc3)n2)c(OC)c1. The molecule has 31 heavy (non-hydrogen) atoms. The summed E-state index contributed by atoms with van der Waals surface area (Å²) in [7, 11) is 2.93. The highest BCUT2D eigenvalue weighted by atomic mass is 32.2. The molecule has 0 aliphatic heterocycles. The molecule has 0 spiro atoms. The van der Waals surface area contributed by atoms with Crippen LogP contribution in [0.25, 0.3) is 10.6 Å². The van der Waals surface area contributed by atoms with E-state index in [1.165, 1.54) is 56.7 Å². The van der Waals surface area contributed by atoms with Crippen molar-refractivity contribution in [3.8, 4) is 16.3 Å². The summed E-state index contributed by atoms with van der Waals surface area (Å²) < 4.78 is 13.4. The Balaban J connectivity index is 1.41. The van der Waals surface area contributed by atoms with Gasteiger partial charge in [0.05, 0.1) is 25.5 Å². The number of benzene rings is 2. The summed E-state index contributed by atoms with van der Waals surface area (Å²) in [4.78, 5) is 16.5. The lowest BCUT2D eigenvalue weighted by Crippen LogP contribution is -2.04. The smallest absolute Gasteiger partial charge is 0.337 e. The van der Waals surface area contributed by atoms with Gasteiger partial charge in [0.2, 0.25) is 0 Å². The van der Waals surface area contributed by atoms with Crippen LogP contribution >= 0.6 is 23.3 Å². The molecule has 4 rings (SSSR count). The minimum atomic E-state index is -0.392. The molecule has 1 N–H and O–H groups in total. The molecule has 7 heteroatoms. The number of carbonyl (C=O) groups excluding carboxylic acids is 1. The highest BCUT2D eigenvalue weighted by Crippen LogP contribution is 2.35. The third kappa shape index (κ3) is 5.22. The van der Waals surface area contributed by atoms with Gasteiger partial charge in [-0.2, -0.15) is 0 Å². The van der Waals surface area contributed by atoms with Gasteiger partial charge < -0.3 is 14.2 Å². The minimum Gasteiger partial charge on any atom is -0.495 e. The van der Waals surface area contributed by atoms with Crippen LogP contribution in [0.2, 0.25) is 0 Å². The van der Waals surface area contributed by atoms with Crippen molar-refractivity contribution in [3.63, 3.8) is 0 Å². The molecule has 162 valence electrons. The van der Waals surface area contributed by atoms with Crippen molar-refractivity contribution in [3.05, 3.63) is 59.0 Å². The molecular formula is C24H26N2O3S2. The maximum absolute atomic E-state index is 11.7. The first-order chi connectivity index (χ1) is 15.2. The standard InChI is InChI=1S/C24H26N2O3S2/c1-28-21-14-19(24(27)29-2)12-13-20(21)26-31-22-15-30-23(25-22)18-10-8-17(9-11-18)16-6-4-3-5-7-16/h8-16,26H,3-7H2,1-2H3. The van der Waals surface area contributed by atoms with Gasteiger partial charge in [-0.15, -0.1) is 11.3 Å². The Morgan fingerprint density at radius 1 is 1.10 bits per heavy atom. The molecule has 5 nitrogen and oxygen atoms in total. The molecular weight excluding hydrogens is 428 g/mol. The molecule has 1 aromatic heterocycles. The zero-order valence-electron chi connectivity index (χ0n) is 17.7. The summed E-state index contributed by atoms with van der Waals surface area (Å²) in [5, 5.41) is 3.93. The largest absolute Gasteiger partial charge is 0.495 e. The number of hydrogen-bond donors (Lipinski definition) is 1. The number of hydrogen-bond acceptors (Lipinski definition) is 7. The molecule has 2 aromatic carbocycles. The van der Waals surface area contributed by atoms with Crippen LogP contribution in [0.15, 0.2) is 52.9 Å². The Kier molecular flexibility index (Phi) is 7.14. The molecule has 0 amide bonds. The van der Waals surface area contributed by atoms with Crippen molar-refractivity contribution in [2.75, 3.05) is 18.9 Å². The van der Waals surface area contributed by atoms with Crippen LogP contribution in [0.4, 0.5) is 5.69 Å². The maximum atomic E-state index is 11.7. The Bertz CT molecular complexity index is 1030. The van der Waals surface area contributed by atoms with Crippen LogP contribution in [0.5, 0.6) is 5.75 Å². The monoisotopic (exact) mass is 454 g/mol. The Hall–Kier alpha value is -2.51. The van der Waals surface area contributed by atoms with Gasteiger partial charge in [0.1, 0.15) is 15.8 Å². The number of carbonyl (C=O) groups is 1.